The van der Waals surface area contributed by atoms with Gasteiger partial charge in [0.25, 0.3) is 0 Å². The normalized spacial score (nSPS) is 10.2. The summed E-state index contributed by atoms with van der Waals surface area (Å²) in [5.41, 5.74) is 0.479. The number of hydrogen-bond acceptors (Lipinski definition) is 3. The summed E-state index contributed by atoms with van der Waals surface area (Å²) in [6.07, 6.45) is 0. The molecule has 19 heavy (non-hydrogen) atoms. The molecule has 0 heterocycles. The first-order chi connectivity index (χ1) is 9.11. The number of rotatable bonds is 6. The van der Waals surface area contributed by atoms with E-state index in [0.29, 0.717) is 37.1 Å². The molecule has 0 aliphatic carbocycles. The molecule has 1 aromatic carbocycles. The molecule has 0 saturated carbocycles. The van der Waals surface area contributed by atoms with Gasteiger partial charge in [-0.3, -0.25) is 0 Å². The van der Waals surface area contributed by atoms with Crippen LogP contribution in [0.3, 0.4) is 0 Å². The van der Waals surface area contributed by atoms with Gasteiger partial charge in [-0.1, -0.05) is 25.7 Å². The molecule has 0 atom stereocenters. The predicted octanol–water partition coefficient (Wildman–Crippen LogP) is 2.22. The summed E-state index contributed by atoms with van der Waals surface area (Å²) in [5, 5.41) is 8.60. The molecule has 104 valence electrons. The van der Waals surface area contributed by atoms with Crippen molar-refractivity contribution in [2.45, 2.75) is 13.8 Å². The van der Waals surface area contributed by atoms with Crippen LogP contribution in [0.5, 0.6) is 5.75 Å². The highest BCUT2D eigenvalue weighted by Crippen LogP contribution is 2.15. The first kappa shape index (κ1) is 15.5. The van der Waals surface area contributed by atoms with Gasteiger partial charge >= 0.3 is 0 Å². The molecule has 0 aliphatic heterocycles. The lowest BCUT2D eigenvalue weighted by Crippen LogP contribution is -2.10. The van der Waals surface area contributed by atoms with Crippen LogP contribution in [0.1, 0.15) is 19.4 Å². The average Bonchev–Trinajstić information content (AvgIpc) is 2.35. The van der Waals surface area contributed by atoms with E-state index < -0.39 is 5.82 Å². The Bertz CT molecular complexity index is 446. The Hall–Kier alpha value is -1.57. The van der Waals surface area contributed by atoms with Gasteiger partial charge in [0, 0.05) is 18.2 Å². The van der Waals surface area contributed by atoms with Crippen LogP contribution in [0.25, 0.3) is 0 Å². The molecule has 3 nitrogen and oxygen atoms in total. The highest BCUT2D eigenvalue weighted by molar-refractivity contribution is 5.40. The third kappa shape index (κ3) is 6.80. The monoisotopic (exact) mass is 266 g/mol. The first-order valence-corrected chi connectivity index (χ1v) is 6.22. The molecule has 0 fully saturated rings. The standard InChI is InChI=1S/C15H19FO3/c1-12(2)11-18-6-7-19-15-9-13(4-3-5-17)8-14(16)10-15/h8-10,12,17H,5-7,11H2,1-2H3. The number of hydrogen-bond donors (Lipinski definition) is 1. The van der Waals surface area contributed by atoms with Gasteiger partial charge in [-0.05, 0) is 18.1 Å². The lowest BCUT2D eigenvalue weighted by atomic mass is 10.2. The number of benzene rings is 1. The second kappa shape index (κ2) is 8.52. The Morgan fingerprint density at radius 1 is 1.26 bits per heavy atom. The predicted molar refractivity (Wildman–Crippen MR) is 71.5 cm³/mol. The maximum Gasteiger partial charge on any atom is 0.128 e. The average molecular weight is 266 g/mol. The molecule has 0 radical (unpaired) electrons. The van der Waals surface area contributed by atoms with E-state index in [-0.39, 0.29) is 6.61 Å². The summed E-state index contributed by atoms with van der Waals surface area (Å²) < 4.78 is 24.1. The summed E-state index contributed by atoms with van der Waals surface area (Å²) in [6, 6.07) is 4.23. The van der Waals surface area contributed by atoms with E-state index in [1.54, 1.807) is 6.07 Å². The van der Waals surface area contributed by atoms with Gasteiger partial charge in [-0.25, -0.2) is 4.39 Å². The van der Waals surface area contributed by atoms with Crippen LogP contribution in [0, 0.1) is 23.6 Å². The Morgan fingerprint density at radius 2 is 2.05 bits per heavy atom. The van der Waals surface area contributed by atoms with E-state index in [4.69, 9.17) is 14.6 Å². The Balaban J connectivity index is 2.47. The van der Waals surface area contributed by atoms with Crippen LogP contribution in [-0.2, 0) is 4.74 Å². The van der Waals surface area contributed by atoms with Gasteiger partial charge in [0.05, 0.1) is 6.61 Å². The van der Waals surface area contributed by atoms with Crippen molar-refractivity contribution >= 4 is 0 Å². The van der Waals surface area contributed by atoms with Crippen molar-refractivity contribution in [2.75, 3.05) is 26.4 Å². The van der Waals surface area contributed by atoms with E-state index >= 15 is 0 Å². The van der Waals surface area contributed by atoms with Crippen LogP contribution < -0.4 is 4.74 Å². The smallest absolute Gasteiger partial charge is 0.128 e. The quantitative estimate of drug-likeness (QED) is 0.634. The molecule has 0 unspecified atom stereocenters. The minimum Gasteiger partial charge on any atom is -0.491 e. The molecule has 0 bridgehead atoms. The van der Waals surface area contributed by atoms with Gasteiger partial charge in [0.1, 0.15) is 24.8 Å². The van der Waals surface area contributed by atoms with E-state index in [0.717, 1.165) is 0 Å². The Labute approximate surface area is 113 Å². The molecule has 0 spiro atoms. The van der Waals surface area contributed by atoms with E-state index in [9.17, 15) is 4.39 Å². The largest absolute Gasteiger partial charge is 0.491 e. The number of halogens is 1. The Kier molecular flexibility index (Phi) is 6.94. The summed E-state index contributed by atoms with van der Waals surface area (Å²) in [5.74, 6) is 5.59. The molecule has 0 amide bonds. The Morgan fingerprint density at radius 3 is 2.74 bits per heavy atom. The fourth-order valence-electron chi connectivity index (χ4n) is 1.40. The van der Waals surface area contributed by atoms with E-state index in [2.05, 4.69) is 25.7 Å². The molecular formula is C15H19FO3. The topological polar surface area (TPSA) is 38.7 Å². The molecule has 1 rings (SSSR count). The second-order valence-electron chi connectivity index (χ2n) is 4.45. The minimum atomic E-state index is -0.414. The van der Waals surface area contributed by atoms with Gasteiger partial charge in [0.15, 0.2) is 0 Å². The van der Waals surface area contributed by atoms with E-state index in [1.807, 2.05) is 0 Å². The zero-order valence-corrected chi connectivity index (χ0v) is 11.3. The third-order valence-electron chi connectivity index (χ3n) is 2.13. The molecular weight excluding hydrogens is 247 g/mol. The van der Waals surface area contributed by atoms with Gasteiger partial charge in [-0.2, -0.15) is 0 Å². The summed E-state index contributed by atoms with van der Waals surface area (Å²) in [4.78, 5) is 0. The molecule has 0 saturated heterocycles. The van der Waals surface area contributed by atoms with Crippen molar-refractivity contribution in [3.63, 3.8) is 0 Å². The SMILES string of the molecule is CC(C)COCCOc1cc(F)cc(C#CCO)c1. The fourth-order valence-corrected chi connectivity index (χ4v) is 1.40. The number of ether oxygens (including phenoxy) is 2. The van der Waals surface area contributed by atoms with Crippen LogP contribution in [0.15, 0.2) is 18.2 Å². The summed E-state index contributed by atoms with van der Waals surface area (Å²) >= 11 is 0. The van der Waals surface area contributed by atoms with Crippen LogP contribution in [0.2, 0.25) is 0 Å². The third-order valence-corrected chi connectivity index (χ3v) is 2.13. The first-order valence-electron chi connectivity index (χ1n) is 6.22. The van der Waals surface area contributed by atoms with E-state index in [1.165, 1.54) is 12.1 Å². The number of aliphatic hydroxyl groups excluding tert-OH is 1. The van der Waals surface area contributed by atoms with Crippen LogP contribution >= 0.6 is 0 Å². The zero-order valence-electron chi connectivity index (χ0n) is 11.3. The maximum absolute atomic E-state index is 13.3. The van der Waals surface area contributed by atoms with Crippen molar-refractivity contribution in [3.05, 3.63) is 29.6 Å². The van der Waals surface area contributed by atoms with Crippen molar-refractivity contribution in [2.24, 2.45) is 5.92 Å². The number of aliphatic hydroxyl groups is 1. The highest BCUT2D eigenvalue weighted by atomic mass is 19.1. The molecule has 4 heteroatoms. The minimum absolute atomic E-state index is 0.254. The highest BCUT2D eigenvalue weighted by Gasteiger charge is 2.01. The van der Waals surface area contributed by atoms with Crippen molar-refractivity contribution in [3.8, 4) is 17.6 Å². The van der Waals surface area contributed by atoms with Crippen molar-refractivity contribution < 1.29 is 19.0 Å². The van der Waals surface area contributed by atoms with Gasteiger partial charge < -0.3 is 14.6 Å². The van der Waals surface area contributed by atoms with Crippen LogP contribution in [0.4, 0.5) is 4.39 Å². The summed E-state index contributed by atoms with van der Waals surface area (Å²) in [6.45, 7) is 5.39. The lowest BCUT2D eigenvalue weighted by Gasteiger charge is -2.09. The van der Waals surface area contributed by atoms with Gasteiger partial charge in [-0.15, -0.1) is 0 Å². The maximum atomic E-state index is 13.3. The molecule has 0 aromatic heterocycles. The second-order valence-corrected chi connectivity index (χ2v) is 4.45. The van der Waals surface area contributed by atoms with Crippen LogP contribution in [-0.4, -0.2) is 31.5 Å². The van der Waals surface area contributed by atoms with Crippen molar-refractivity contribution in [1.82, 2.24) is 0 Å². The molecule has 1 aromatic rings. The van der Waals surface area contributed by atoms with Crippen molar-refractivity contribution in [1.29, 1.82) is 0 Å². The zero-order chi connectivity index (χ0) is 14.1. The fraction of sp³-hybridized carbons (Fsp3) is 0.467. The molecule has 1 N–H and O–H groups in total. The lowest BCUT2D eigenvalue weighted by molar-refractivity contribution is 0.0818. The summed E-state index contributed by atoms with van der Waals surface area (Å²) in [7, 11) is 0. The molecule has 0 aliphatic rings. The van der Waals surface area contributed by atoms with Gasteiger partial charge in [0.2, 0.25) is 0 Å².